The molecule has 0 saturated carbocycles. The first-order valence-electron chi connectivity index (χ1n) is 5.48. The van der Waals surface area contributed by atoms with Crippen molar-refractivity contribution in [2.24, 2.45) is 0 Å². The summed E-state index contributed by atoms with van der Waals surface area (Å²) in [6.07, 6.45) is 1.64. The predicted octanol–water partition coefficient (Wildman–Crippen LogP) is 1.23. The molecule has 6 nitrogen and oxygen atoms in total. The Morgan fingerprint density at radius 3 is 3.06 bits per heavy atom. The summed E-state index contributed by atoms with van der Waals surface area (Å²) in [6, 6.07) is 1.72. The fourth-order valence-corrected chi connectivity index (χ4v) is 2.83. The van der Waals surface area contributed by atoms with E-state index in [-0.39, 0.29) is 11.7 Å². The molecule has 3 rings (SSSR count). The summed E-state index contributed by atoms with van der Waals surface area (Å²) in [7, 11) is 0. The van der Waals surface area contributed by atoms with Crippen molar-refractivity contribution in [2.75, 3.05) is 11.5 Å². The fraction of sp³-hybridized carbons (Fsp3) is 0.364. The first kappa shape index (κ1) is 11.3. The highest BCUT2D eigenvalue weighted by atomic mass is 32.2. The summed E-state index contributed by atoms with van der Waals surface area (Å²) in [5.41, 5.74) is 0.607. The Kier molecular flexibility index (Phi) is 2.83. The van der Waals surface area contributed by atoms with Crippen molar-refractivity contribution >= 4 is 17.5 Å². The molecule has 0 bridgehead atoms. The molecule has 0 amide bonds. The predicted molar refractivity (Wildman–Crippen MR) is 65.1 cm³/mol. The summed E-state index contributed by atoms with van der Waals surface area (Å²) < 4.78 is 5.16. The molecule has 1 aliphatic rings. The molecule has 92 valence electrons. The maximum Gasteiger partial charge on any atom is 0.238 e. The van der Waals surface area contributed by atoms with Gasteiger partial charge in [-0.15, -0.1) is 0 Å². The SMILES string of the molecule is Cc1nccc(-c2noc(C3CSCC3=O)n2)n1. The van der Waals surface area contributed by atoms with Crippen molar-refractivity contribution < 1.29 is 9.32 Å². The zero-order valence-corrected chi connectivity index (χ0v) is 10.5. The number of hydrogen-bond donors (Lipinski definition) is 0. The van der Waals surface area contributed by atoms with E-state index in [1.807, 2.05) is 0 Å². The molecule has 0 spiro atoms. The lowest BCUT2D eigenvalue weighted by atomic mass is 10.1. The van der Waals surface area contributed by atoms with Gasteiger partial charge in [-0.25, -0.2) is 9.97 Å². The number of thioether (sulfide) groups is 1. The van der Waals surface area contributed by atoms with Crippen LogP contribution in [0.1, 0.15) is 17.6 Å². The van der Waals surface area contributed by atoms with Crippen molar-refractivity contribution in [3.05, 3.63) is 24.0 Å². The molecule has 1 saturated heterocycles. The highest BCUT2D eigenvalue weighted by Crippen LogP contribution is 2.29. The summed E-state index contributed by atoms with van der Waals surface area (Å²) in [5, 5.41) is 3.87. The molecule has 1 fully saturated rings. The third-order valence-corrected chi connectivity index (χ3v) is 3.72. The smallest absolute Gasteiger partial charge is 0.238 e. The van der Waals surface area contributed by atoms with Gasteiger partial charge >= 0.3 is 0 Å². The monoisotopic (exact) mass is 262 g/mol. The molecule has 0 aliphatic carbocycles. The molecule has 18 heavy (non-hydrogen) atoms. The number of aryl methyl sites for hydroxylation is 1. The summed E-state index contributed by atoms with van der Waals surface area (Å²) in [5.74, 6) is 2.55. The Morgan fingerprint density at radius 1 is 1.44 bits per heavy atom. The molecule has 3 heterocycles. The molecular weight excluding hydrogens is 252 g/mol. The van der Waals surface area contributed by atoms with Gasteiger partial charge in [0.15, 0.2) is 5.78 Å². The van der Waals surface area contributed by atoms with Crippen LogP contribution in [-0.4, -0.2) is 37.4 Å². The number of aromatic nitrogens is 4. The van der Waals surface area contributed by atoms with E-state index in [2.05, 4.69) is 20.1 Å². The first-order valence-corrected chi connectivity index (χ1v) is 6.63. The second kappa shape index (κ2) is 4.49. The fourth-order valence-electron chi connectivity index (χ4n) is 1.74. The number of hydrogen-bond acceptors (Lipinski definition) is 7. The van der Waals surface area contributed by atoms with Crippen molar-refractivity contribution in [3.63, 3.8) is 0 Å². The average molecular weight is 262 g/mol. The molecule has 0 N–H and O–H groups in total. The second-order valence-corrected chi connectivity index (χ2v) is 5.01. The van der Waals surface area contributed by atoms with Crippen LogP contribution in [0.15, 0.2) is 16.8 Å². The van der Waals surface area contributed by atoms with E-state index in [1.165, 1.54) is 0 Å². The molecule has 1 aliphatic heterocycles. The molecule has 2 aromatic heterocycles. The largest absolute Gasteiger partial charge is 0.338 e. The number of carbonyl (C=O) groups excluding carboxylic acids is 1. The summed E-state index contributed by atoms with van der Waals surface area (Å²) >= 11 is 1.59. The van der Waals surface area contributed by atoms with Crippen molar-refractivity contribution in [1.29, 1.82) is 0 Å². The van der Waals surface area contributed by atoms with Gasteiger partial charge in [-0.1, -0.05) is 5.16 Å². The van der Waals surface area contributed by atoms with Crippen molar-refractivity contribution in [3.8, 4) is 11.5 Å². The van der Waals surface area contributed by atoms with Gasteiger partial charge < -0.3 is 4.52 Å². The van der Waals surface area contributed by atoms with E-state index < -0.39 is 0 Å². The van der Waals surface area contributed by atoms with E-state index in [9.17, 15) is 4.79 Å². The van der Waals surface area contributed by atoms with E-state index in [1.54, 1.807) is 30.9 Å². The number of nitrogens with zero attached hydrogens (tertiary/aromatic N) is 4. The van der Waals surface area contributed by atoms with Gasteiger partial charge in [-0.2, -0.15) is 16.7 Å². The van der Waals surface area contributed by atoms with Crippen LogP contribution in [0.3, 0.4) is 0 Å². The molecule has 1 unspecified atom stereocenters. The van der Waals surface area contributed by atoms with Gasteiger partial charge in [-0.05, 0) is 13.0 Å². The normalized spacial score (nSPS) is 19.4. The number of ketones is 1. The number of rotatable bonds is 2. The third kappa shape index (κ3) is 2.01. The van der Waals surface area contributed by atoms with Crippen LogP contribution in [0.25, 0.3) is 11.5 Å². The van der Waals surface area contributed by atoms with Gasteiger partial charge in [0.1, 0.15) is 17.4 Å². The third-order valence-electron chi connectivity index (χ3n) is 2.66. The summed E-state index contributed by atoms with van der Waals surface area (Å²) in [4.78, 5) is 24.1. The van der Waals surface area contributed by atoms with Gasteiger partial charge in [0.25, 0.3) is 0 Å². The van der Waals surface area contributed by atoms with E-state index in [4.69, 9.17) is 4.52 Å². The van der Waals surface area contributed by atoms with Gasteiger partial charge in [-0.3, -0.25) is 4.79 Å². The first-order chi connectivity index (χ1) is 8.74. The zero-order valence-electron chi connectivity index (χ0n) is 9.66. The Bertz CT molecular complexity index is 598. The minimum atomic E-state index is -0.265. The summed E-state index contributed by atoms with van der Waals surface area (Å²) in [6.45, 7) is 1.79. The Labute approximate surface area is 107 Å². The second-order valence-electron chi connectivity index (χ2n) is 3.98. The molecule has 7 heteroatoms. The van der Waals surface area contributed by atoms with Crippen LogP contribution in [0.2, 0.25) is 0 Å². The highest BCUT2D eigenvalue weighted by molar-refractivity contribution is 8.00. The van der Waals surface area contributed by atoms with E-state index in [0.717, 1.165) is 0 Å². The maximum absolute atomic E-state index is 11.6. The van der Waals surface area contributed by atoms with Crippen LogP contribution in [0.5, 0.6) is 0 Å². The minimum absolute atomic E-state index is 0.147. The Hall–Kier alpha value is -1.76. The van der Waals surface area contributed by atoms with Crippen LogP contribution in [-0.2, 0) is 4.79 Å². The van der Waals surface area contributed by atoms with Crippen LogP contribution in [0.4, 0.5) is 0 Å². The Morgan fingerprint density at radius 2 is 2.33 bits per heavy atom. The van der Waals surface area contributed by atoms with Crippen molar-refractivity contribution in [2.45, 2.75) is 12.8 Å². The van der Waals surface area contributed by atoms with Crippen LogP contribution < -0.4 is 0 Å². The Balaban J connectivity index is 1.92. The molecule has 2 aromatic rings. The van der Waals surface area contributed by atoms with Gasteiger partial charge in [0, 0.05) is 11.9 Å². The average Bonchev–Trinajstić information content (AvgIpc) is 2.97. The molecule has 1 atom stereocenters. The molecule has 0 aromatic carbocycles. The zero-order chi connectivity index (χ0) is 12.5. The van der Waals surface area contributed by atoms with Crippen LogP contribution in [0, 0.1) is 6.92 Å². The minimum Gasteiger partial charge on any atom is -0.338 e. The van der Waals surface area contributed by atoms with Gasteiger partial charge in [0.2, 0.25) is 11.7 Å². The molecular formula is C11H10N4O2S. The number of Topliss-reactive ketones (excluding diaryl/α,β-unsaturated/α-hetero) is 1. The maximum atomic E-state index is 11.6. The van der Waals surface area contributed by atoms with Gasteiger partial charge in [0.05, 0.1) is 5.75 Å². The lowest BCUT2D eigenvalue weighted by Crippen LogP contribution is -2.09. The highest BCUT2D eigenvalue weighted by Gasteiger charge is 2.31. The quantitative estimate of drug-likeness (QED) is 0.805. The molecule has 0 radical (unpaired) electrons. The standard InChI is InChI=1S/C11H10N4O2S/c1-6-12-3-2-8(13-6)10-14-11(17-15-10)7-4-18-5-9(7)16/h2-3,7H,4-5H2,1H3. The topological polar surface area (TPSA) is 81.8 Å². The lowest BCUT2D eigenvalue weighted by Gasteiger charge is -1.97. The number of carbonyl (C=O) groups is 1. The van der Waals surface area contributed by atoms with Crippen molar-refractivity contribution in [1.82, 2.24) is 20.1 Å². The van der Waals surface area contributed by atoms with E-state index in [0.29, 0.717) is 34.7 Å². The van der Waals surface area contributed by atoms with E-state index >= 15 is 0 Å². The lowest BCUT2D eigenvalue weighted by molar-refractivity contribution is -0.117. The van der Waals surface area contributed by atoms with Crippen LogP contribution >= 0.6 is 11.8 Å².